The number of benzene rings is 1. The molecule has 0 bridgehead atoms. The van der Waals surface area contributed by atoms with Gasteiger partial charge >= 0.3 is 12.1 Å². The number of rotatable bonds is 5. The van der Waals surface area contributed by atoms with Crippen LogP contribution in [-0.2, 0) is 20.9 Å². The maximum Gasteiger partial charge on any atom is 0.407 e. The van der Waals surface area contributed by atoms with Gasteiger partial charge in [0.25, 0.3) is 0 Å². The Hall–Kier alpha value is -2.08. The van der Waals surface area contributed by atoms with E-state index < -0.39 is 18.2 Å². The molecule has 2 N–H and O–H groups in total. The zero-order valence-corrected chi connectivity index (χ0v) is 11.8. The van der Waals surface area contributed by atoms with Gasteiger partial charge in [0.05, 0.1) is 25.7 Å². The average Bonchev–Trinajstić information content (AvgIpc) is 2.51. The Bertz CT molecular complexity index is 490. The summed E-state index contributed by atoms with van der Waals surface area (Å²) < 4.78 is 9.67. The van der Waals surface area contributed by atoms with Crippen LogP contribution in [0.2, 0.25) is 0 Å². The van der Waals surface area contributed by atoms with Crippen LogP contribution in [0.1, 0.15) is 18.4 Å². The predicted molar refractivity (Wildman–Crippen MR) is 74.3 cm³/mol. The Kier molecular flexibility index (Phi) is 5.16. The summed E-state index contributed by atoms with van der Waals surface area (Å²) in [6.45, 7) is 0.164. The van der Waals surface area contributed by atoms with Gasteiger partial charge in [-0.2, -0.15) is 0 Å². The molecular formula is C15H19NO5. The Labute approximate surface area is 123 Å². The molecule has 1 aromatic rings. The SMILES string of the molecule is COC(=O)CC1CC(O)C1NC(=O)OCc1ccccc1. The maximum atomic E-state index is 11.7. The molecule has 1 aromatic carbocycles. The number of amides is 1. The number of alkyl carbamates (subject to hydrolysis) is 1. The molecule has 3 unspecified atom stereocenters. The van der Waals surface area contributed by atoms with Crippen molar-refractivity contribution in [2.75, 3.05) is 7.11 Å². The molecule has 1 aliphatic carbocycles. The van der Waals surface area contributed by atoms with Crippen LogP contribution in [0.5, 0.6) is 0 Å². The summed E-state index contributed by atoms with van der Waals surface area (Å²) >= 11 is 0. The number of aliphatic hydroxyl groups excluding tert-OH is 1. The molecule has 0 saturated heterocycles. The fraction of sp³-hybridized carbons (Fsp3) is 0.467. The molecule has 0 heterocycles. The first-order valence-corrected chi connectivity index (χ1v) is 6.82. The van der Waals surface area contributed by atoms with Gasteiger partial charge in [0.1, 0.15) is 6.61 Å². The molecule has 1 saturated carbocycles. The topological polar surface area (TPSA) is 84.9 Å². The van der Waals surface area contributed by atoms with Crippen molar-refractivity contribution in [1.82, 2.24) is 5.32 Å². The molecule has 2 rings (SSSR count). The minimum Gasteiger partial charge on any atom is -0.469 e. The van der Waals surface area contributed by atoms with E-state index in [1.807, 2.05) is 30.3 Å². The van der Waals surface area contributed by atoms with E-state index >= 15 is 0 Å². The summed E-state index contributed by atoms with van der Waals surface area (Å²) in [7, 11) is 1.31. The van der Waals surface area contributed by atoms with Crippen LogP contribution in [0.15, 0.2) is 30.3 Å². The number of esters is 1. The highest BCUT2D eigenvalue weighted by atomic mass is 16.5. The molecular weight excluding hydrogens is 274 g/mol. The smallest absolute Gasteiger partial charge is 0.407 e. The predicted octanol–water partition coefficient (Wildman–Crippen LogP) is 1.23. The van der Waals surface area contributed by atoms with Gasteiger partial charge in [0.2, 0.25) is 0 Å². The lowest BCUT2D eigenvalue weighted by molar-refractivity contribution is -0.144. The molecule has 1 aliphatic rings. The van der Waals surface area contributed by atoms with Crippen LogP contribution >= 0.6 is 0 Å². The van der Waals surface area contributed by atoms with Crippen LogP contribution in [0.3, 0.4) is 0 Å². The van der Waals surface area contributed by atoms with E-state index in [4.69, 9.17) is 4.74 Å². The fourth-order valence-corrected chi connectivity index (χ4v) is 2.34. The quantitative estimate of drug-likeness (QED) is 0.797. The molecule has 1 amide bonds. The number of hydrogen-bond acceptors (Lipinski definition) is 5. The molecule has 114 valence electrons. The highest BCUT2D eigenvalue weighted by molar-refractivity contribution is 5.71. The normalized spacial score (nSPS) is 23.8. The highest BCUT2D eigenvalue weighted by Gasteiger charge is 2.42. The Morgan fingerprint density at radius 1 is 1.33 bits per heavy atom. The number of carbonyl (C=O) groups is 2. The van der Waals surface area contributed by atoms with Crippen molar-refractivity contribution >= 4 is 12.1 Å². The summed E-state index contributed by atoms with van der Waals surface area (Å²) in [5, 5.41) is 12.3. The van der Waals surface area contributed by atoms with Crippen LogP contribution in [0, 0.1) is 5.92 Å². The van der Waals surface area contributed by atoms with Crippen LogP contribution < -0.4 is 5.32 Å². The van der Waals surface area contributed by atoms with Crippen LogP contribution in [0.4, 0.5) is 4.79 Å². The lowest BCUT2D eigenvalue weighted by Crippen LogP contribution is -2.57. The van der Waals surface area contributed by atoms with Crippen molar-refractivity contribution in [2.24, 2.45) is 5.92 Å². The number of nitrogens with one attached hydrogen (secondary N) is 1. The Morgan fingerprint density at radius 2 is 2.05 bits per heavy atom. The Balaban J connectivity index is 1.77. The number of carbonyl (C=O) groups excluding carboxylic acids is 2. The van der Waals surface area contributed by atoms with Crippen molar-refractivity contribution in [3.63, 3.8) is 0 Å². The van der Waals surface area contributed by atoms with Gasteiger partial charge in [0.15, 0.2) is 0 Å². The molecule has 0 aromatic heterocycles. The van der Waals surface area contributed by atoms with E-state index in [-0.39, 0.29) is 24.9 Å². The third kappa shape index (κ3) is 4.19. The molecule has 21 heavy (non-hydrogen) atoms. The minimum absolute atomic E-state index is 0.114. The van der Waals surface area contributed by atoms with Gasteiger partial charge in [-0.05, 0) is 17.9 Å². The van der Waals surface area contributed by atoms with Crippen LogP contribution in [0.25, 0.3) is 0 Å². The summed E-state index contributed by atoms with van der Waals surface area (Å²) in [5.74, 6) is -0.465. The summed E-state index contributed by atoms with van der Waals surface area (Å²) in [5.41, 5.74) is 0.882. The summed E-state index contributed by atoms with van der Waals surface area (Å²) in [6, 6.07) is 8.84. The van der Waals surface area contributed by atoms with Crippen molar-refractivity contribution in [3.05, 3.63) is 35.9 Å². The number of ether oxygens (including phenoxy) is 2. The fourth-order valence-electron chi connectivity index (χ4n) is 2.34. The van der Waals surface area contributed by atoms with Gasteiger partial charge in [0, 0.05) is 0 Å². The summed E-state index contributed by atoms with van der Waals surface area (Å²) in [4.78, 5) is 22.9. The van der Waals surface area contributed by atoms with E-state index in [0.717, 1.165) is 5.56 Å². The molecule has 0 radical (unpaired) electrons. The Morgan fingerprint density at radius 3 is 2.67 bits per heavy atom. The molecule has 0 aliphatic heterocycles. The molecule has 0 spiro atoms. The zero-order chi connectivity index (χ0) is 15.2. The monoisotopic (exact) mass is 293 g/mol. The van der Waals surface area contributed by atoms with Gasteiger partial charge in [-0.25, -0.2) is 4.79 Å². The molecule has 6 heteroatoms. The third-order valence-corrected chi connectivity index (χ3v) is 3.62. The lowest BCUT2D eigenvalue weighted by Gasteiger charge is -2.41. The van der Waals surface area contributed by atoms with Gasteiger partial charge in [-0.1, -0.05) is 30.3 Å². The first-order chi connectivity index (χ1) is 10.1. The average molecular weight is 293 g/mol. The second-order valence-corrected chi connectivity index (χ2v) is 5.08. The van der Waals surface area contributed by atoms with E-state index in [0.29, 0.717) is 6.42 Å². The maximum absolute atomic E-state index is 11.7. The van der Waals surface area contributed by atoms with E-state index in [1.165, 1.54) is 7.11 Å². The number of aliphatic hydroxyl groups is 1. The standard InChI is InChI=1S/C15H19NO5/c1-20-13(18)8-11-7-12(17)14(11)16-15(19)21-9-10-5-3-2-4-6-10/h2-6,11-12,14,17H,7-9H2,1H3,(H,16,19). The second kappa shape index (κ2) is 7.08. The van der Waals surface area contributed by atoms with Crippen LogP contribution in [-0.4, -0.2) is 36.4 Å². The van der Waals surface area contributed by atoms with Crippen molar-refractivity contribution < 1.29 is 24.2 Å². The molecule has 6 nitrogen and oxygen atoms in total. The summed E-state index contributed by atoms with van der Waals surface area (Å²) in [6.07, 6.45) is -0.600. The largest absolute Gasteiger partial charge is 0.469 e. The second-order valence-electron chi connectivity index (χ2n) is 5.08. The van der Waals surface area contributed by atoms with Gasteiger partial charge < -0.3 is 19.9 Å². The minimum atomic E-state index is -0.649. The van der Waals surface area contributed by atoms with Gasteiger partial charge in [-0.15, -0.1) is 0 Å². The number of methoxy groups -OCH3 is 1. The van der Waals surface area contributed by atoms with E-state index in [9.17, 15) is 14.7 Å². The highest BCUT2D eigenvalue weighted by Crippen LogP contribution is 2.31. The first-order valence-electron chi connectivity index (χ1n) is 6.82. The van der Waals surface area contributed by atoms with Crippen molar-refractivity contribution in [3.8, 4) is 0 Å². The van der Waals surface area contributed by atoms with E-state index in [2.05, 4.69) is 10.1 Å². The number of hydrogen-bond donors (Lipinski definition) is 2. The first kappa shape index (κ1) is 15.3. The van der Waals surface area contributed by atoms with E-state index in [1.54, 1.807) is 0 Å². The lowest BCUT2D eigenvalue weighted by atomic mass is 9.75. The molecule has 1 fully saturated rings. The zero-order valence-electron chi connectivity index (χ0n) is 11.8. The van der Waals surface area contributed by atoms with Crippen molar-refractivity contribution in [1.29, 1.82) is 0 Å². The third-order valence-electron chi connectivity index (χ3n) is 3.62. The van der Waals surface area contributed by atoms with Crippen molar-refractivity contribution in [2.45, 2.75) is 31.6 Å². The molecule has 3 atom stereocenters. The van der Waals surface area contributed by atoms with Gasteiger partial charge in [-0.3, -0.25) is 4.79 Å².